The van der Waals surface area contributed by atoms with Gasteiger partial charge >= 0.3 is 0 Å². The molecule has 176 valence electrons. The summed E-state index contributed by atoms with van der Waals surface area (Å²) in [5.74, 6) is -1.63. The smallest absolute Gasteiger partial charge is 0.295 e. The number of rotatable bonds is 6. The first-order valence-electron chi connectivity index (χ1n) is 11.2. The van der Waals surface area contributed by atoms with Gasteiger partial charge in [0.15, 0.2) is 0 Å². The van der Waals surface area contributed by atoms with Crippen molar-refractivity contribution in [3.05, 3.63) is 107 Å². The Balaban J connectivity index is 1.56. The van der Waals surface area contributed by atoms with Crippen molar-refractivity contribution < 1.29 is 23.8 Å². The van der Waals surface area contributed by atoms with Crippen molar-refractivity contribution in [2.75, 3.05) is 13.7 Å². The van der Waals surface area contributed by atoms with Gasteiger partial charge in [-0.1, -0.05) is 30.3 Å². The number of H-pyrrole nitrogens is 1. The van der Waals surface area contributed by atoms with Crippen LogP contribution in [0.1, 0.15) is 22.7 Å². The first-order valence-corrected chi connectivity index (χ1v) is 11.2. The number of nitrogens with zero attached hydrogens (tertiary/aromatic N) is 1. The van der Waals surface area contributed by atoms with Gasteiger partial charge in [-0.15, -0.1) is 0 Å². The number of hydrogen-bond donors (Lipinski definition) is 2. The van der Waals surface area contributed by atoms with Gasteiger partial charge in [0.05, 0.1) is 18.7 Å². The summed E-state index contributed by atoms with van der Waals surface area (Å²) in [6.45, 7) is 0.267. The van der Waals surface area contributed by atoms with Crippen LogP contribution in [0, 0.1) is 5.82 Å². The maximum absolute atomic E-state index is 13.4. The number of hydrogen-bond acceptors (Lipinski definition) is 4. The van der Waals surface area contributed by atoms with Crippen molar-refractivity contribution >= 4 is 28.4 Å². The number of ether oxygens (including phenoxy) is 1. The van der Waals surface area contributed by atoms with Crippen molar-refractivity contribution in [3.63, 3.8) is 0 Å². The summed E-state index contributed by atoms with van der Waals surface area (Å²) < 4.78 is 18.7. The van der Waals surface area contributed by atoms with Crippen LogP contribution in [0.3, 0.4) is 0 Å². The summed E-state index contributed by atoms with van der Waals surface area (Å²) in [5.41, 5.74) is 2.92. The van der Waals surface area contributed by atoms with E-state index < -0.39 is 23.5 Å². The van der Waals surface area contributed by atoms with Gasteiger partial charge in [-0.25, -0.2) is 4.39 Å². The number of para-hydroxylation sites is 1. The van der Waals surface area contributed by atoms with Crippen LogP contribution in [-0.2, 0) is 16.0 Å². The molecule has 0 aliphatic carbocycles. The highest BCUT2D eigenvalue weighted by Crippen LogP contribution is 2.40. The van der Waals surface area contributed by atoms with Gasteiger partial charge in [-0.3, -0.25) is 9.59 Å². The molecule has 3 aromatic carbocycles. The number of aromatic amines is 1. The minimum absolute atomic E-state index is 0.0225. The number of halogens is 1. The zero-order valence-corrected chi connectivity index (χ0v) is 19.0. The Labute approximate surface area is 201 Å². The summed E-state index contributed by atoms with van der Waals surface area (Å²) >= 11 is 0. The molecule has 0 saturated carbocycles. The summed E-state index contributed by atoms with van der Waals surface area (Å²) in [7, 11) is 1.55. The largest absolute Gasteiger partial charge is 0.507 e. The maximum Gasteiger partial charge on any atom is 0.295 e. The second kappa shape index (κ2) is 9.10. The molecule has 2 heterocycles. The molecule has 0 spiro atoms. The molecule has 7 heteroatoms. The number of methoxy groups -OCH3 is 1. The fourth-order valence-corrected chi connectivity index (χ4v) is 4.59. The molecule has 0 radical (unpaired) electrons. The topological polar surface area (TPSA) is 82.6 Å². The van der Waals surface area contributed by atoms with Crippen LogP contribution in [0.15, 0.2) is 84.6 Å². The molecule has 0 bridgehead atoms. The Hall–Kier alpha value is -4.39. The SMILES string of the molecule is COc1ccc(C2/C(=C(\O)c3ccc(F)cc3)C(=O)C(=O)N2CCc2c[nH]c3ccccc23)cc1. The highest BCUT2D eigenvalue weighted by atomic mass is 19.1. The Morgan fingerprint density at radius 3 is 2.46 bits per heavy atom. The molecule has 6 nitrogen and oxygen atoms in total. The molecule has 5 rings (SSSR count). The first kappa shape index (κ1) is 22.4. The Kier molecular flexibility index (Phi) is 5.82. The molecular weight excluding hydrogens is 447 g/mol. The molecule has 1 fully saturated rings. The van der Waals surface area contributed by atoms with Gasteiger partial charge in [-0.2, -0.15) is 0 Å². The van der Waals surface area contributed by atoms with Crippen LogP contribution in [0.25, 0.3) is 16.7 Å². The van der Waals surface area contributed by atoms with E-state index in [0.717, 1.165) is 16.5 Å². The molecule has 35 heavy (non-hydrogen) atoms. The third kappa shape index (κ3) is 4.05. The third-order valence-electron chi connectivity index (χ3n) is 6.39. The van der Waals surface area contributed by atoms with Crippen LogP contribution in [0.5, 0.6) is 5.75 Å². The fraction of sp³-hybridized carbons (Fsp3) is 0.143. The second-order valence-electron chi connectivity index (χ2n) is 8.38. The third-order valence-corrected chi connectivity index (χ3v) is 6.39. The summed E-state index contributed by atoms with van der Waals surface area (Å²) in [4.78, 5) is 31.1. The minimum atomic E-state index is -0.795. The number of ketones is 1. The lowest BCUT2D eigenvalue weighted by atomic mass is 9.95. The van der Waals surface area contributed by atoms with Gasteiger partial charge in [0, 0.05) is 29.2 Å². The van der Waals surface area contributed by atoms with Crippen molar-refractivity contribution in [2.45, 2.75) is 12.5 Å². The number of Topliss-reactive ketones (excluding diaryl/α,β-unsaturated/α-hetero) is 1. The van der Waals surface area contributed by atoms with Gasteiger partial charge in [0.1, 0.15) is 17.3 Å². The first-order chi connectivity index (χ1) is 17.0. The lowest BCUT2D eigenvalue weighted by Gasteiger charge is -2.25. The van der Waals surface area contributed by atoms with E-state index in [9.17, 15) is 19.1 Å². The zero-order chi connectivity index (χ0) is 24.5. The number of amides is 1. The Bertz CT molecular complexity index is 1440. The Morgan fingerprint density at radius 2 is 1.74 bits per heavy atom. The maximum atomic E-state index is 13.4. The molecule has 1 amide bonds. The van der Waals surface area contributed by atoms with Crippen LogP contribution in [0.4, 0.5) is 4.39 Å². The summed E-state index contributed by atoms with van der Waals surface area (Å²) in [6, 6.07) is 19.3. The van der Waals surface area contributed by atoms with Gasteiger partial charge in [0.2, 0.25) is 0 Å². The standard InChI is InChI=1S/C28H23FN2O4/c1-35-21-12-8-17(9-13-21)25-24(26(32)18-6-10-20(29)11-7-18)27(33)28(34)31(25)15-14-19-16-30-23-5-3-2-4-22(19)23/h2-13,16,25,30,32H,14-15H2,1H3/b26-24+. The van der Waals surface area contributed by atoms with E-state index >= 15 is 0 Å². The van der Waals surface area contributed by atoms with E-state index in [0.29, 0.717) is 17.7 Å². The monoisotopic (exact) mass is 470 g/mol. The Morgan fingerprint density at radius 1 is 1.03 bits per heavy atom. The number of likely N-dealkylation sites (tertiary alicyclic amines) is 1. The number of aliphatic hydroxyl groups is 1. The van der Waals surface area contributed by atoms with E-state index in [1.165, 1.54) is 29.2 Å². The molecular formula is C28H23FN2O4. The number of aromatic nitrogens is 1. The van der Waals surface area contributed by atoms with Gasteiger partial charge in [0.25, 0.3) is 11.7 Å². The number of aliphatic hydroxyl groups excluding tert-OH is 1. The summed E-state index contributed by atoms with van der Waals surface area (Å²) in [5, 5.41) is 12.1. The molecule has 1 aromatic heterocycles. The van der Waals surface area contributed by atoms with Crippen LogP contribution in [0.2, 0.25) is 0 Å². The molecule has 4 aromatic rings. The fourth-order valence-electron chi connectivity index (χ4n) is 4.59. The summed E-state index contributed by atoms with van der Waals surface area (Å²) in [6.07, 6.45) is 2.42. The van der Waals surface area contributed by atoms with Gasteiger partial charge < -0.3 is 19.7 Å². The number of carbonyl (C=O) groups excluding carboxylic acids is 2. The molecule has 1 aliphatic heterocycles. The number of carbonyl (C=O) groups is 2. The van der Waals surface area contributed by atoms with E-state index in [1.54, 1.807) is 31.4 Å². The minimum Gasteiger partial charge on any atom is -0.507 e. The van der Waals surface area contributed by atoms with Crippen molar-refractivity contribution in [1.82, 2.24) is 9.88 Å². The molecule has 1 atom stereocenters. The van der Waals surface area contributed by atoms with Crippen molar-refractivity contribution in [1.29, 1.82) is 0 Å². The lowest BCUT2D eigenvalue weighted by Crippen LogP contribution is -2.31. The molecule has 2 N–H and O–H groups in total. The number of fused-ring (bicyclic) bond motifs is 1. The normalized spacial score (nSPS) is 17.3. The van der Waals surface area contributed by atoms with E-state index in [-0.39, 0.29) is 23.4 Å². The average molecular weight is 471 g/mol. The second-order valence-corrected chi connectivity index (χ2v) is 8.38. The number of benzene rings is 3. The van der Waals surface area contributed by atoms with Crippen LogP contribution >= 0.6 is 0 Å². The van der Waals surface area contributed by atoms with Crippen LogP contribution in [-0.4, -0.2) is 40.3 Å². The molecule has 1 unspecified atom stereocenters. The molecule has 1 aliphatic rings. The van der Waals surface area contributed by atoms with E-state index in [1.807, 2.05) is 30.5 Å². The zero-order valence-electron chi connectivity index (χ0n) is 19.0. The van der Waals surface area contributed by atoms with Crippen LogP contribution < -0.4 is 4.74 Å². The highest BCUT2D eigenvalue weighted by molar-refractivity contribution is 6.46. The highest BCUT2D eigenvalue weighted by Gasteiger charge is 2.45. The quantitative estimate of drug-likeness (QED) is 0.237. The molecule has 1 saturated heterocycles. The van der Waals surface area contributed by atoms with E-state index in [4.69, 9.17) is 4.74 Å². The lowest BCUT2D eigenvalue weighted by molar-refractivity contribution is -0.139. The predicted octanol–water partition coefficient (Wildman–Crippen LogP) is 4.98. The predicted molar refractivity (Wildman–Crippen MR) is 130 cm³/mol. The average Bonchev–Trinajstić information content (AvgIpc) is 3.41. The van der Waals surface area contributed by atoms with Crippen molar-refractivity contribution in [3.8, 4) is 5.75 Å². The van der Waals surface area contributed by atoms with E-state index in [2.05, 4.69) is 4.98 Å². The van der Waals surface area contributed by atoms with Crippen molar-refractivity contribution in [2.24, 2.45) is 0 Å². The number of nitrogens with one attached hydrogen (secondary N) is 1. The van der Waals surface area contributed by atoms with Gasteiger partial charge in [-0.05, 0) is 60.0 Å².